The molecule has 1 atom stereocenters. The van der Waals surface area contributed by atoms with E-state index < -0.39 is 0 Å². The van der Waals surface area contributed by atoms with Crippen LogP contribution in [-0.4, -0.2) is 33.3 Å². The highest BCUT2D eigenvalue weighted by atomic mass is 16.5. The van der Waals surface area contributed by atoms with E-state index in [1.54, 1.807) is 33.5 Å². The number of rotatable bonds is 7. The lowest BCUT2D eigenvalue weighted by atomic mass is 9.48. The minimum atomic E-state index is -0.0398. The molecule has 0 spiro atoms. The Kier molecular flexibility index (Phi) is 5.50. The molecule has 0 saturated heterocycles. The van der Waals surface area contributed by atoms with Gasteiger partial charge in [0.1, 0.15) is 0 Å². The van der Waals surface area contributed by atoms with Gasteiger partial charge in [-0.3, -0.25) is 4.79 Å². The fraction of sp³-hybridized carbons (Fsp3) is 0.625. The highest BCUT2D eigenvalue weighted by Gasteiger charge is 2.53. The van der Waals surface area contributed by atoms with Gasteiger partial charge < -0.3 is 19.5 Å². The van der Waals surface area contributed by atoms with Gasteiger partial charge in [0.05, 0.1) is 21.3 Å². The van der Waals surface area contributed by atoms with Crippen molar-refractivity contribution in [1.82, 2.24) is 5.32 Å². The van der Waals surface area contributed by atoms with Crippen LogP contribution in [0.5, 0.6) is 17.2 Å². The van der Waals surface area contributed by atoms with E-state index in [-0.39, 0.29) is 11.9 Å². The first-order valence-corrected chi connectivity index (χ1v) is 10.7. The van der Waals surface area contributed by atoms with Crippen molar-refractivity contribution < 1.29 is 19.0 Å². The second kappa shape index (κ2) is 7.92. The zero-order valence-corrected chi connectivity index (χ0v) is 18.0. The summed E-state index contributed by atoms with van der Waals surface area (Å²) in [5, 5.41) is 3.27. The number of hydrogen-bond acceptors (Lipinski definition) is 4. The van der Waals surface area contributed by atoms with Crippen LogP contribution in [0, 0.1) is 23.2 Å². The molecule has 1 aromatic rings. The molecule has 0 aliphatic heterocycles. The smallest absolute Gasteiger partial charge is 0.244 e. The first kappa shape index (κ1) is 20.1. The molecule has 4 saturated carbocycles. The van der Waals surface area contributed by atoms with Gasteiger partial charge in [-0.25, -0.2) is 0 Å². The van der Waals surface area contributed by atoms with Crippen LogP contribution in [-0.2, 0) is 4.79 Å². The Balaban J connectivity index is 1.44. The van der Waals surface area contributed by atoms with Crippen LogP contribution in [0.4, 0.5) is 0 Å². The average molecular weight is 400 g/mol. The number of benzene rings is 1. The molecular weight excluding hydrogens is 366 g/mol. The van der Waals surface area contributed by atoms with Crippen molar-refractivity contribution in [3.63, 3.8) is 0 Å². The predicted molar refractivity (Wildman–Crippen MR) is 113 cm³/mol. The van der Waals surface area contributed by atoms with Crippen molar-refractivity contribution in [2.75, 3.05) is 21.3 Å². The van der Waals surface area contributed by atoms with Crippen molar-refractivity contribution in [2.24, 2.45) is 23.2 Å². The average Bonchev–Trinajstić information content (AvgIpc) is 2.70. The van der Waals surface area contributed by atoms with Crippen molar-refractivity contribution in [1.29, 1.82) is 0 Å². The van der Waals surface area contributed by atoms with E-state index in [0.717, 1.165) is 23.3 Å². The van der Waals surface area contributed by atoms with Gasteiger partial charge in [-0.05, 0) is 92.4 Å². The summed E-state index contributed by atoms with van der Waals surface area (Å²) < 4.78 is 16.1. The van der Waals surface area contributed by atoms with Gasteiger partial charge in [-0.1, -0.05) is 0 Å². The molecule has 1 aromatic carbocycles. The van der Waals surface area contributed by atoms with Crippen LogP contribution in [0.2, 0.25) is 0 Å². The second-order valence-corrected chi connectivity index (χ2v) is 9.30. The Bertz CT molecular complexity index is 740. The van der Waals surface area contributed by atoms with Gasteiger partial charge in [-0.15, -0.1) is 0 Å². The molecule has 0 heterocycles. The summed E-state index contributed by atoms with van der Waals surface area (Å²) in [5.74, 6) is 4.32. The van der Waals surface area contributed by atoms with E-state index in [1.807, 2.05) is 12.1 Å². The fourth-order valence-electron chi connectivity index (χ4n) is 6.49. The number of carbonyl (C=O) groups is 1. The number of methoxy groups -OCH3 is 3. The lowest BCUT2D eigenvalue weighted by Crippen LogP contribution is -2.55. The van der Waals surface area contributed by atoms with Gasteiger partial charge in [0.2, 0.25) is 11.7 Å². The molecule has 5 heteroatoms. The van der Waals surface area contributed by atoms with E-state index in [2.05, 4.69) is 12.2 Å². The number of carbonyl (C=O) groups excluding carboxylic acids is 1. The molecule has 0 radical (unpaired) electrons. The molecule has 1 N–H and O–H groups in total. The van der Waals surface area contributed by atoms with E-state index in [0.29, 0.717) is 22.7 Å². The minimum Gasteiger partial charge on any atom is -0.493 e. The quantitative estimate of drug-likeness (QED) is 0.689. The highest BCUT2D eigenvalue weighted by molar-refractivity contribution is 5.92. The van der Waals surface area contributed by atoms with Crippen LogP contribution >= 0.6 is 0 Å². The van der Waals surface area contributed by atoms with Gasteiger partial charge in [-0.2, -0.15) is 0 Å². The molecule has 4 aliphatic carbocycles. The number of ether oxygens (including phenoxy) is 3. The van der Waals surface area contributed by atoms with Crippen molar-refractivity contribution >= 4 is 12.0 Å². The summed E-state index contributed by atoms with van der Waals surface area (Å²) in [6.45, 7) is 2.21. The zero-order chi connectivity index (χ0) is 20.6. The SMILES string of the molecule is COc1cc(/C=C/C(=O)N[C@@H](C)C23CC4CC(CC(C4)C2)C3)cc(OC)c1OC. The largest absolute Gasteiger partial charge is 0.493 e. The maximum atomic E-state index is 12.7. The lowest BCUT2D eigenvalue weighted by Gasteiger charge is -2.59. The molecule has 0 aromatic heterocycles. The Morgan fingerprint density at radius 2 is 1.52 bits per heavy atom. The molecule has 4 fully saturated rings. The Labute approximate surface area is 173 Å². The summed E-state index contributed by atoms with van der Waals surface area (Å²) in [6, 6.07) is 3.90. The first-order chi connectivity index (χ1) is 14.0. The summed E-state index contributed by atoms with van der Waals surface area (Å²) in [7, 11) is 4.75. The second-order valence-electron chi connectivity index (χ2n) is 9.30. The Hall–Kier alpha value is -2.17. The van der Waals surface area contributed by atoms with Gasteiger partial charge >= 0.3 is 0 Å². The van der Waals surface area contributed by atoms with Crippen LogP contribution in [0.25, 0.3) is 6.08 Å². The Morgan fingerprint density at radius 3 is 1.97 bits per heavy atom. The monoisotopic (exact) mass is 399 g/mol. The van der Waals surface area contributed by atoms with Crippen LogP contribution in [0.3, 0.4) is 0 Å². The first-order valence-electron chi connectivity index (χ1n) is 10.7. The van der Waals surface area contributed by atoms with E-state index in [9.17, 15) is 4.79 Å². The normalized spacial score (nSPS) is 31.0. The fourth-order valence-corrected chi connectivity index (χ4v) is 6.49. The maximum Gasteiger partial charge on any atom is 0.244 e. The summed E-state index contributed by atoms with van der Waals surface area (Å²) in [4.78, 5) is 12.7. The van der Waals surface area contributed by atoms with Crippen LogP contribution < -0.4 is 19.5 Å². The Morgan fingerprint density at radius 1 is 1.00 bits per heavy atom. The van der Waals surface area contributed by atoms with Crippen molar-refractivity contribution in [2.45, 2.75) is 51.5 Å². The molecular formula is C24H33NO4. The van der Waals surface area contributed by atoms with E-state index in [1.165, 1.54) is 38.5 Å². The summed E-state index contributed by atoms with van der Waals surface area (Å²) in [6.07, 6.45) is 11.5. The van der Waals surface area contributed by atoms with Crippen molar-refractivity contribution in [3.05, 3.63) is 23.8 Å². The highest BCUT2D eigenvalue weighted by Crippen LogP contribution is 2.61. The van der Waals surface area contributed by atoms with Gasteiger partial charge in [0.25, 0.3) is 0 Å². The maximum absolute atomic E-state index is 12.7. The molecule has 5 rings (SSSR count). The molecule has 0 unspecified atom stereocenters. The zero-order valence-electron chi connectivity index (χ0n) is 18.0. The molecule has 158 valence electrons. The van der Waals surface area contributed by atoms with E-state index in [4.69, 9.17) is 14.2 Å². The van der Waals surface area contributed by atoms with E-state index >= 15 is 0 Å². The third kappa shape index (κ3) is 3.84. The third-order valence-electron chi connectivity index (χ3n) is 7.48. The standard InChI is InChI=1S/C24H33NO4/c1-15(24-12-17-7-18(13-24)9-19(8-17)14-24)25-22(26)6-5-16-10-20(27-2)23(29-4)21(11-16)28-3/h5-6,10-11,15,17-19H,7-9,12-14H2,1-4H3,(H,25,26)/b6-5+/t15-,17?,18?,19?,24?/m0/s1. The van der Waals surface area contributed by atoms with Crippen LogP contribution in [0.1, 0.15) is 51.0 Å². The number of amides is 1. The van der Waals surface area contributed by atoms with Gasteiger partial charge in [0, 0.05) is 12.1 Å². The van der Waals surface area contributed by atoms with Crippen molar-refractivity contribution in [3.8, 4) is 17.2 Å². The molecule has 29 heavy (non-hydrogen) atoms. The number of hydrogen-bond donors (Lipinski definition) is 1. The summed E-state index contributed by atoms with van der Waals surface area (Å²) in [5.41, 5.74) is 1.14. The topological polar surface area (TPSA) is 56.8 Å². The molecule has 4 bridgehead atoms. The molecule has 5 nitrogen and oxygen atoms in total. The predicted octanol–water partition coefficient (Wildman–Crippen LogP) is 4.45. The van der Waals surface area contributed by atoms with Crippen LogP contribution in [0.15, 0.2) is 18.2 Å². The lowest BCUT2D eigenvalue weighted by molar-refractivity contribution is -0.121. The summed E-state index contributed by atoms with van der Waals surface area (Å²) >= 11 is 0. The molecule has 4 aliphatic rings. The molecule has 1 amide bonds. The van der Waals surface area contributed by atoms with Gasteiger partial charge in [0.15, 0.2) is 11.5 Å². The minimum absolute atomic E-state index is 0.0398. The number of nitrogens with one attached hydrogen (secondary N) is 1. The third-order valence-corrected chi connectivity index (χ3v) is 7.48.